The fourth-order valence-corrected chi connectivity index (χ4v) is 1.77. The molecule has 1 heterocycles. The smallest absolute Gasteiger partial charge is 0.223 e. The van der Waals surface area contributed by atoms with Crippen LogP contribution < -0.4 is 4.74 Å². The first-order valence-electron chi connectivity index (χ1n) is 5.55. The number of hydrogen-bond donors (Lipinski definition) is 0. The van der Waals surface area contributed by atoms with Gasteiger partial charge in [0.25, 0.3) is 0 Å². The second kappa shape index (κ2) is 5.36. The van der Waals surface area contributed by atoms with Crippen LogP contribution in [0.4, 0.5) is 4.39 Å². The first-order chi connectivity index (χ1) is 8.60. The molecular formula is C14H13ClFNO. The topological polar surface area (TPSA) is 22.1 Å². The van der Waals surface area contributed by atoms with Crippen LogP contribution in [0, 0.1) is 19.7 Å². The standard InChI is InChI=1S/C14H13ClFNO/c1-9-3-4-10(2)13(5-9)18-14-11(7-15)6-12(16)8-17-14/h3-6,8H,7H2,1-2H3. The molecule has 0 N–H and O–H groups in total. The number of aryl methyl sites for hydroxylation is 2. The molecule has 0 bridgehead atoms. The predicted molar refractivity (Wildman–Crippen MR) is 69.7 cm³/mol. The number of benzene rings is 1. The maximum Gasteiger partial charge on any atom is 0.223 e. The summed E-state index contributed by atoms with van der Waals surface area (Å²) in [5.74, 6) is 0.796. The zero-order valence-electron chi connectivity index (χ0n) is 10.2. The molecule has 0 aliphatic heterocycles. The van der Waals surface area contributed by atoms with E-state index in [1.165, 1.54) is 6.07 Å². The molecular weight excluding hydrogens is 253 g/mol. The third-order valence-corrected chi connectivity index (χ3v) is 2.87. The number of nitrogens with zero attached hydrogens (tertiary/aromatic N) is 1. The highest BCUT2D eigenvalue weighted by molar-refractivity contribution is 6.17. The molecule has 0 saturated heterocycles. The highest BCUT2D eigenvalue weighted by Gasteiger charge is 2.09. The summed E-state index contributed by atoms with van der Waals surface area (Å²) in [6.07, 6.45) is 1.12. The Morgan fingerprint density at radius 1 is 1.28 bits per heavy atom. The van der Waals surface area contributed by atoms with Crippen molar-refractivity contribution in [3.05, 3.63) is 53.0 Å². The number of hydrogen-bond acceptors (Lipinski definition) is 2. The van der Waals surface area contributed by atoms with Crippen molar-refractivity contribution in [2.45, 2.75) is 19.7 Å². The minimum absolute atomic E-state index is 0.158. The molecule has 2 rings (SSSR count). The molecule has 0 unspecified atom stereocenters. The highest BCUT2D eigenvalue weighted by Crippen LogP contribution is 2.28. The first kappa shape index (κ1) is 12.8. The summed E-state index contributed by atoms with van der Waals surface area (Å²) in [5, 5.41) is 0. The summed E-state index contributed by atoms with van der Waals surface area (Å²) < 4.78 is 18.7. The number of rotatable bonds is 3. The van der Waals surface area contributed by atoms with Gasteiger partial charge in [0.1, 0.15) is 11.6 Å². The van der Waals surface area contributed by atoms with Crippen LogP contribution in [-0.2, 0) is 5.88 Å². The first-order valence-corrected chi connectivity index (χ1v) is 6.09. The van der Waals surface area contributed by atoms with E-state index < -0.39 is 5.82 Å². The molecule has 0 atom stereocenters. The van der Waals surface area contributed by atoms with E-state index in [9.17, 15) is 4.39 Å². The van der Waals surface area contributed by atoms with Crippen molar-refractivity contribution in [2.75, 3.05) is 0 Å². The largest absolute Gasteiger partial charge is 0.438 e. The second-order valence-electron chi connectivity index (χ2n) is 4.12. The van der Waals surface area contributed by atoms with Crippen molar-refractivity contribution in [3.63, 3.8) is 0 Å². The van der Waals surface area contributed by atoms with E-state index in [2.05, 4.69) is 4.98 Å². The monoisotopic (exact) mass is 265 g/mol. The lowest BCUT2D eigenvalue weighted by molar-refractivity contribution is 0.450. The lowest BCUT2D eigenvalue weighted by Gasteiger charge is -2.11. The van der Waals surface area contributed by atoms with Crippen molar-refractivity contribution in [1.29, 1.82) is 0 Å². The quantitative estimate of drug-likeness (QED) is 0.769. The van der Waals surface area contributed by atoms with Gasteiger partial charge in [-0.25, -0.2) is 9.37 Å². The molecule has 94 valence electrons. The van der Waals surface area contributed by atoms with Crippen LogP contribution >= 0.6 is 11.6 Å². The van der Waals surface area contributed by atoms with E-state index in [0.717, 1.165) is 17.3 Å². The Morgan fingerprint density at radius 3 is 2.78 bits per heavy atom. The molecule has 1 aromatic heterocycles. The van der Waals surface area contributed by atoms with Gasteiger partial charge >= 0.3 is 0 Å². The van der Waals surface area contributed by atoms with Gasteiger partial charge in [0, 0.05) is 5.56 Å². The van der Waals surface area contributed by atoms with Gasteiger partial charge < -0.3 is 4.74 Å². The van der Waals surface area contributed by atoms with E-state index >= 15 is 0 Å². The van der Waals surface area contributed by atoms with Crippen molar-refractivity contribution in [3.8, 4) is 11.6 Å². The summed E-state index contributed by atoms with van der Waals surface area (Å²) in [5.41, 5.74) is 2.62. The van der Waals surface area contributed by atoms with Gasteiger partial charge in [0.2, 0.25) is 5.88 Å². The molecule has 0 aliphatic rings. The molecule has 0 fully saturated rings. The SMILES string of the molecule is Cc1ccc(C)c(Oc2ncc(F)cc2CCl)c1. The van der Waals surface area contributed by atoms with Gasteiger partial charge in [-0.15, -0.1) is 11.6 Å². The number of pyridine rings is 1. The Bertz CT molecular complexity index is 572. The number of aromatic nitrogens is 1. The van der Waals surface area contributed by atoms with E-state index in [-0.39, 0.29) is 5.88 Å². The van der Waals surface area contributed by atoms with Crippen LogP contribution in [0.2, 0.25) is 0 Å². The summed E-state index contributed by atoms with van der Waals surface area (Å²) in [6.45, 7) is 3.92. The lowest BCUT2D eigenvalue weighted by Crippen LogP contribution is -1.96. The van der Waals surface area contributed by atoms with Gasteiger partial charge in [0.15, 0.2) is 0 Å². The lowest BCUT2D eigenvalue weighted by atomic mass is 10.1. The van der Waals surface area contributed by atoms with Gasteiger partial charge in [0.05, 0.1) is 12.1 Å². The molecule has 0 saturated carbocycles. The number of halogens is 2. The Kier molecular flexibility index (Phi) is 3.82. The molecule has 0 spiro atoms. The van der Waals surface area contributed by atoms with Crippen molar-refractivity contribution < 1.29 is 9.13 Å². The second-order valence-corrected chi connectivity index (χ2v) is 4.39. The van der Waals surface area contributed by atoms with Gasteiger partial charge in [-0.05, 0) is 37.1 Å². The van der Waals surface area contributed by atoms with Gasteiger partial charge in [-0.2, -0.15) is 0 Å². The van der Waals surface area contributed by atoms with Crippen LogP contribution in [0.15, 0.2) is 30.5 Å². The van der Waals surface area contributed by atoms with Crippen LogP contribution in [-0.4, -0.2) is 4.98 Å². The van der Waals surface area contributed by atoms with Crippen molar-refractivity contribution in [1.82, 2.24) is 4.98 Å². The molecule has 2 aromatic rings. The molecule has 1 aromatic carbocycles. The Morgan fingerprint density at radius 2 is 2.06 bits per heavy atom. The van der Waals surface area contributed by atoms with E-state index in [1.54, 1.807) is 0 Å². The van der Waals surface area contributed by atoms with Gasteiger partial charge in [-0.3, -0.25) is 0 Å². The summed E-state index contributed by atoms with van der Waals surface area (Å²) in [6, 6.07) is 7.22. The zero-order chi connectivity index (χ0) is 13.1. The normalized spacial score (nSPS) is 10.4. The van der Waals surface area contributed by atoms with Crippen molar-refractivity contribution in [2.24, 2.45) is 0 Å². The maximum absolute atomic E-state index is 13.0. The Hall–Kier alpha value is -1.61. The average molecular weight is 266 g/mol. The fraction of sp³-hybridized carbons (Fsp3) is 0.214. The summed E-state index contributed by atoms with van der Waals surface area (Å²) >= 11 is 5.75. The maximum atomic E-state index is 13.0. The molecule has 18 heavy (non-hydrogen) atoms. The van der Waals surface area contributed by atoms with Crippen LogP contribution in [0.3, 0.4) is 0 Å². The van der Waals surface area contributed by atoms with Crippen molar-refractivity contribution >= 4 is 11.6 Å². The van der Waals surface area contributed by atoms with E-state index in [0.29, 0.717) is 17.2 Å². The minimum atomic E-state index is -0.418. The highest BCUT2D eigenvalue weighted by atomic mass is 35.5. The summed E-state index contributed by atoms with van der Waals surface area (Å²) in [4.78, 5) is 3.93. The van der Waals surface area contributed by atoms with E-state index in [1.807, 2.05) is 32.0 Å². The molecule has 4 heteroatoms. The summed E-state index contributed by atoms with van der Waals surface area (Å²) in [7, 11) is 0. The zero-order valence-corrected chi connectivity index (χ0v) is 11.0. The van der Waals surface area contributed by atoms with Gasteiger partial charge in [-0.1, -0.05) is 12.1 Å². The number of ether oxygens (including phenoxy) is 1. The Labute approximate surface area is 110 Å². The number of alkyl halides is 1. The third-order valence-electron chi connectivity index (χ3n) is 2.59. The molecule has 0 amide bonds. The van der Waals surface area contributed by atoms with E-state index in [4.69, 9.17) is 16.3 Å². The predicted octanol–water partition coefficient (Wildman–Crippen LogP) is 4.37. The third kappa shape index (κ3) is 2.79. The van der Waals surface area contributed by atoms with Crippen LogP contribution in [0.5, 0.6) is 11.6 Å². The molecule has 0 radical (unpaired) electrons. The fourth-order valence-electron chi connectivity index (χ4n) is 1.58. The van der Waals surface area contributed by atoms with Crippen LogP contribution in [0.25, 0.3) is 0 Å². The average Bonchev–Trinajstić information content (AvgIpc) is 2.36. The van der Waals surface area contributed by atoms with Crippen LogP contribution in [0.1, 0.15) is 16.7 Å². The molecule has 0 aliphatic carbocycles. The molecule has 2 nitrogen and oxygen atoms in total. The minimum Gasteiger partial charge on any atom is -0.438 e. The Balaban J connectivity index is 2.36.